The van der Waals surface area contributed by atoms with E-state index in [0.29, 0.717) is 12.4 Å². The van der Waals surface area contributed by atoms with E-state index in [2.05, 4.69) is 10.2 Å². The molecule has 1 aliphatic heterocycles. The molecule has 0 spiro atoms. The van der Waals surface area contributed by atoms with Gasteiger partial charge in [-0.3, -0.25) is 4.90 Å². The minimum atomic E-state index is -0.264. The van der Waals surface area contributed by atoms with Crippen molar-refractivity contribution in [1.29, 1.82) is 0 Å². The van der Waals surface area contributed by atoms with E-state index < -0.39 is 0 Å². The second-order valence-electron chi connectivity index (χ2n) is 4.22. The van der Waals surface area contributed by atoms with Crippen LogP contribution in [-0.4, -0.2) is 37.7 Å². The smallest absolute Gasteiger partial charge is 0.165 e. The predicted octanol–water partition coefficient (Wildman–Crippen LogP) is 1.63. The average Bonchev–Trinajstić information content (AvgIpc) is 2.34. The van der Waals surface area contributed by atoms with Crippen molar-refractivity contribution in [3.8, 4) is 5.75 Å². The molecule has 1 aromatic carbocycles. The maximum absolute atomic E-state index is 13.6. The van der Waals surface area contributed by atoms with Crippen LogP contribution in [0, 0.1) is 5.82 Å². The van der Waals surface area contributed by atoms with Crippen LogP contribution in [0.2, 0.25) is 0 Å². The molecule has 0 saturated carbocycles. The second-order valence-corrected chi connectivity index (χ2v) is 4.22. The zero-order valence-corrected chi connectivity index (χ0v) is 10.2. The summed E-state index contributed by atoms with van der Waals surface area (Å²) < 4.78 is 18.8. The maximum atomic E-state index is 13.6. The maximum Gasteiger partial charge on any atom is 0.165 e. The zero-order valence-electron chi connectivity index (χ0n) is 10.2. The minimum Gasteiger partial charge on any atom is -0.491 e. The van der Waals surface area contributed by atoms with E-state index in [4.69, 9.17) is 4.74 Å². The van der Waals surface area contributed by atoms with E-state index in [0.717, 1.165) is 38.3 Å². The summed E-state index contributed by atoms with van der Waals surface area (Å²) in [7, 11) is 0. The summed E-state index contributed by atoms with van der Waals surface area (Å²) in [5, 5.41) is 3.30. The quantitative estimate of drug-likeness (QED) is 0.863. The van der Waals surface area contributed by atoms with Crippen LogP contribution in [-0.2, 0) is 6.54 Å². The molecule has 0 bridgehead atoms. The van der Waals surface area contributed by atoms with Gasteiger partial charge in [0.1, 0.15) is 0 Å². The molecule has 0 atom stereocenters. The number of halogens is 1. The second kappa shape index (κ2) is 5.98. The Labute approximate surface area is 102 Å². The Balaban J connectivity index is 1.98. The van der Waals surface area contributed by atoms with E-state index in [9.17, 15) is 4.39 Å². The molecule has 17 heavy (non-hydrogen) atoms. The van der Waals surface area contributed by atoms with Gasteiger partial charge >= 0.3 is 0 Å². The summed E-state index contributed by atoms with van der Waals surface area (Å²) >= 11 is 0. The zero-order chi connectivity index (χ0) is 12.1. The summed E-state index contributed by atoms with van der Waals surface area (Å²) in [6.07, 6.45) is 0. The van der Waals surface area contributed by atoms with Crippen molar-refractivity contribution >= 4 is 0 Å². The number of nitrogens with one attached hydrogen (secondary N) is 1. The Morgan fingerprint density at radius 2 is 2.12 bits per heavy atom. The van der Waals surface area contributed by atoms with Gasteiger partial charge in [-0.05, 0) is 24.6 Å². The molecule has 0 unspecified atom stereocenters. The van der Waals surface area contributed by atoms with Crippen LogP contribution in [0.3, 0.4) is 0 Å². The summed E-state index contributed by atoms with van der Waals surface area (Å²) in [5.74, 6) is 0.0797. The molecular weight excluding hydrogens is 219 g/mol. The van der Waals surface area contributed by atoms with Crippen LogP contribution in [0.15, 0.2) is 18.2 Å². The van der Waals surface area contributed by atoms with Gasteiger partial charge in [0, 0.05) is 32.7 Å². The highest BCUT2D eigenvalue weighted by molar-refractivity contribution is 5.29. The number of hydrogen-bond donors (Lipinski definition) is 1. The van der Waals surface area contributed by atoms with E-state index in [1.807, 2.05) is 13.0 Å². The van der Waals surface area contributed by atoms with Crippen LogP contribution < -0.4 is 10.1 Å². The Kier molecular flexibility index (Phi) is 4.34. The molecule has 0 amide bonds. The SMILES string of the molecule is CCOc1ccc(CN2CCNCC2)cc1F. The van der Waals surface area contributed by atoms with E-state index in [1.165, 1.54) is 0 Å². The third-order valence-electron chi connectivity index (χ3n) is 2.91. The largest absolute Gasteiger partial charge is 0.491 e. The van der Waals surface area contributed by atoms with Crippen molar-refractivity contribution in [3.63, 3.8) is 0 Å². The van der Waals surface area contributed by atoms with Gasteiger partial charge < -0.3 is 10.1 Å². The number of benzene rings is 1. The van der Waals surface area contributed by atoms with Gasteiger partial charge in [-0.1, -0.05) is 6.07 Å². The molecule has 0 aromatic heterocycles. The molecule has 1 saturated heterocycles. The van der Waals surface area contributed by atoms with Gasteiger partial charge in [-0.15, -0.1) is 0 Å². The van der Waals surface area contributed by atoms with Gasteiger partial charge in [-0.25, -0.2) is 4.39 Å². The van der Waals surface area contributed by atoms with Crippen molar-refractivity contribution in [2.45, 2.75) is 13.5 Å². The summed E-state index contributed by atoms with van der Waals surface area (Å²) in [6, 6.07) is 5.24. The van der Waals surface area contributed by atoms with Gasteiger partial charge in [0.05, 0.1) is 6.61 Å². The lowest BCUT2D eigenvalue weighted by molar-refractivity contribution is 0.232. The minimum absolute atomic E-state index is 0.264. The molecule has 1 aromatic rings. The lowest BCUT2D eigenvalue weighted by Crippen LogP contribution is -2.42. The van der Waals surface area contributed by atoms with Gasteiger partial charge in [-0.2, -0.15) is 0 Å². The molecule has 1 N–H and O–H groups in total. The lowest BCUT2D eigenvalue weighted by atomic mass is 10.2. The van der Waals surface area contributed by atoms with E-state index in [1.54, 1.807) is 12.1 Å². The average molecular weight is 238 g/mol. The lowest BCUT2D eigenvalue weighted by Gasteiger charge is -2.27. The van der Waals surface area contributed by atoms with Crippen LogP contribution >= 0.6 is 0 Å². The first-order valence-corrected chi connectivity index (χ1v) is 6.14. The highest BCUT2D eigenvalue weighted by Gasteiger charge is 2.11. The van der Waals surface area contributed by atoms with Crippen LogP contribution in [0.4, 0.5) is 4.39 Å². The topological polar surface area (TPSA) is 24.5 Å². The monoisotopic (exact) mass is 238 g/mol. The van der Waals surface area contributed by atoms with Crippen LogP contribution in [0.25, 0.3) is 0 Å². The van der Waals surface area contributed by atoms with Crippen molar-refractivity contribution in [2.24, 2.45) is 0 Å². The van der Waals surface area contributed by atoms with Crippen molar-refractivity contribution in [2.75, 3.05) is 32.8 Å². The first-order chi connectivity index (χ1) is 8.29. The number of piperazine rings is 1. The van der Waals surface area contributed by atoms with Gasteiger partial charge in [0.25, 0.3) is 0 Å². The molecule has 0 aliphatic carbocycles. The number of nitrogens with zero attached hydrogens (tertiary/aromatic N) is 1. The highest BCUT2D eigenvalue weighted by Crippen LogP contribution is 2.19. The normalized spacial score (nSPS) is 17.1. The fraction of sp³-hybridized carbons (Fsp3) is 0.538. The number of hydrogen-bond acceptors (Lipinski definition) is 3. The number of rotatable bonds is 4. The first kappa shape index (κ1) is 12.3. The molecule has 0 radical (unpaired) electrons. The Morgan fingerprint density at radius 3 is 2.76 bits per heavy atom. The third-order valence-corrected chi connectivity index (χ3v) is 2.91. The standard InChI is InChI=1S/C13H19FN2O/c1-2-17-13-4-3-11(9-12(13)14)10-16-7-5-15-6-8-16/h3-4,9,15H,2,5-8,10H2,1H3. The Hall–Kier alpha value is -1.13. The predicted molar refractivity (Wildman–Crippen MR) is 65.7 cm³/mol. The van der Waals surface area contributed by atoms with Crippen LogP contribution in [0.1, 0.15) is 12.5 Å². The van der Waals surface area contributed by atoms with E-state index in [-0.39, 0.29) is 5.82 Å². The van der Waals surface area contributed by atoms with E-state index >= 15 is 0 Å². The fourth-order valence-electron chi connectivity index (χ4n) is 2.04. The van der Waals surface area contributed by atoms with Crippen molar-refractivity contribution in [3.05, 3.63) is 29.6 Å². The molecule has 4 heteroatoms. The van der Waals surface area contributed by atoms with Crippen molar-refractivity contribution < 1.29 is 9.13 Å². The highest BCUT2D eigenvalue weighted by atomic mass is 19.1. The molecule has 1 fully saturated rings. The fourth-order valence-corrected chi connectivity index (χ4v) is 2.04. The summed E-state index contributed by atoms with van der Waals surface area (Å²) in [6.45, 7) is 7.23. The third kappa shape index (κ3) is 3.41. The van der Waals surface area contributed by atoms with Crippen molar-refractivity contribution in [1.82, 2.24) is 10.2 Å². The van der Waals surface area contributed by atoms with Gasteiger partial charge in [0.15, 0.2) is 11.6 Å². The Bertz CT molecular complexity index is 364. The number of ether oxygens (including phenoxy) is 1. The van der Waals surface area contributed by atoms with Crippen LogP contribution in [0.5, 0.6) is 5.75 Å². The molecule has 3 nitrogen and oxygen atoms in total. The summed E-state index contributed by atoms with van der Waals surface area (Å²) in [5.41, 5.74) is 1.01. The molecular formula is C13H19FN2O. The first-order valence-electron chi connectivity index (χ1n) is 6.14. The summed E-state index contributed by atoms with van der Waals surface area (Å²) in [4.78, 5) is 2.33. The molecule has 2 rings (SSSR count). The Morgan fingerprint density at radius 1 is 1.35 bits per heavy atom. The molecule has 1 heterocycles. The van der Waals surface area contributed by atoms with Gasteiger partial charge in [0.2, 0.25) is 0 Å². The molecule has 94 valence electrons. The molecule has 1 aliphatic rings.